The second kappa shape index (κ2) is 5.68. The summed E-state index contributed by atoms with van der Waals surface area (Å²) in [5.74, 6) is 0.606. The van der Waals surface area contributed by atoms with E-state index in [9.17, 15) is 10.1 Å². The fourth-order valence-corrected chi connectivity index (χ4v) is 3.17. The summed E-state index contributed by atoms with van der Waals surface area (Å²) in [5.41, 5.74) is 3.29. The molecular formula is C17H10N4O2S. The van der Waals surface area contributed by atoms with Gasteiger partial charge in [0.15, 0.2) is 0 Å². The molecule has 7 heteroatoms. The molecule has 24 heavy (non-hydrogen) atoms. The molecule has 0 amide bonds. The van der Waals surface area contributed by atoms with E-state index in [1.165, 1.54) is 11.3 Å². The molecule has 0 saturated carbocycles. The molecule has 2 N–H and O–H groups in total. The van der Waals surface area contributed by atoms with Crippen LogP contribution in [0.2, 0.25) is 0 Å². The van der Waals surface area contributed by atoms with E-state index in [0.717, 1.165) is 22.3 Å². The highest BCUT2D eigenvalue weighted by atomic mass is 32.1. The van der Waals surface area contributed by atoms with Crippen LogP contribution < -0.4 is 5.69 Å². The van der Waals surface area contributed by atoms with Gasteiger partial charge in [-0.3, -0.25) is 0 Å². The summed E-state index contributed by atoms with van der Waals surface area (Å²) in [6.45, 7) is 0. The maximum atomic E-state index is 11.3. The number of imidazole rings is 1. The Morgan fingerprint density at radius 2 is 2.17 bits per heavy atom. The van der Waals surface area contributed by atoms with Gasteiger partial charge in [-0.15, -0.1) is 11.3 Å². The quantitative estimate of drug-likeness (QED) is 0.559. The minimum atomic E-state index is -0.241. The number of rotatable bonds is 3. The summed E-state index contributed by atoms with van der Waals surface area (Å²) in [6, 6.07) is 11.3. The number of nitrogens with one attached hydrogen (secondary N) is 2. The fraction of sp³-hybridized carbons (Fsp3) is 0. The van der Waals surface area contributed by atoms with E-state index in [0.29, 0.717) is 16.3 Å². The van der Waals surface area contributed by atoms with Crippen LogP contribution in [0.4, 0.5) is 0 Å². The lowest BCUT2D eigenvalue weighted by atomic mass is 10.1. The Labute approximate surface area is 139 Å². The van der Waals surface area contributed by atoms with Crippen LogP contribution in [-0.4, -0.2) is 15.0 Å². The van der Waals surface area contributed by atoms with Gasteiger partial charge in [0, 0.05) is 17.0 Å². The third-order valence-electron chi connectivity index (χ3n) is 3.50. The number of hydrogen-bond donors (Lipinski definition) is 2. The molecule has 0 bridgehead atoms. The topological polar surface area (TPSA) is 98.5 Å². The predicted octanol–water partition coefficient (Wildman–Crippen LogP) is 3.64. The van der Waals surface area contributed by atoms with Crippen LogP contribution in [-0.2, 0) is 0 Å². The van der Waals surface area contributed by atoms with Gasteiger partial charge in [0.25, 0.3) is 0 Å². The molecule has 0 saturated heterocycles. The number of benzene rings is 1. The standard InChI is InChI=1S/C17H10N4O2S/c18-8-11(6-12-2-1-5-23-12)16-19-15(9-24-16)10-3-4-13-14(7-10)21-17(22)20-13/h1-7,9H,(H2,20,21,22)/b11-6-. The highest BCUT2D eigenvalue weighted by Crippen LogP contribution is 2.28. The smallest absolute Gasteiger partial charge is 0.323 e. The maximum absolute atomic E-state index is 11.3. The highest BCUT2D eigenvalue weighted by molar-refractivity contribution is 7.11. The van der Waals surface area contributed by atoms with Crippen molar-refractivity contribution in [3.63, 3.8) is 0 Å². The van der Waals surface area contributed by atoms with Crippen LogP contribution in [0.25, 0.3) is 33.9 Å². The fourth-order valence-electron chi connectivity index (χ4n) is 2.38. The summed E-state index contributed by atoms with van der Waals surface area (Å²) in [4.78, 5) is 21.3. The molecule has 0 radical (unpaired) electrons. The zero-order valence-electron chi connectivity index (χ0n) is 12.2. The normalized spacial score (nSPS) is 11.7. The van der Waals surface area contributed by atoms with E-state index in [1.807, 2.05) is 23.6 Å². The third kappa shape index (κ3) is 2.55. The van der Waals surface area contributed by atoms with Crippen molar-refractivity contribution in [2.45, 2.75) is 0 Å². The number of nitrogens with zero attached hydrogens (tertiary/aromatic N) is 2. The number of nitriles is 1. The second-order valence-corrected chi connectivity index (χ2v) is 5.92. The average molecular weight is 334 g/mol. The Bertz CT molecular complexity index is 1140. The molecule has 0 unspecified atom stereocenters. The predicted molar refractivity (Wildman–Crippen MR) is 92.2 cm³/mol. The average Bonchev–Trinajstić information content (AvgIpc) is 3.31. The van der Waals surface area contributed by atoms with Crippen molar-refractivity contribution in [2.24, 2.45) is 0 Å². The minimum absolute atomic E-state index is 0.241. The highest BCUT2D eigenvalue weighted by Gasteiger charge is 2.10. The molecule has 116 valence electrons. The van der Waals surface area contributed by atoms with Gasteiger partial charge in [0.1, 0.15) is 16.8 Å². The number of aromatic nitrogens is 3. The monoisotopic (exact) mass is 334 g/mol. The molecule has 0 spiro atoms. The van der Waals surface area contributed by atoms with Crippen molar-refractivity contribution >= 4 is 34.0 Å². The molecule has 3 aromatic heterocycles. The van der Waals surface area contributed by atoms with Crippen LogP contribution in [0.15, 0.2) is 51.2 Å². The van der Waals surface area contributed by atoms with Gasteiger partial charge in [0.2, 0.25) is 0 Å². The van der Waals surface area contributed by atoms with E-state index in [-0.39, 0.29) is 5.69 Å². The number of thiazole rings is 1. The van der Waals surface area contributed by atoms with E-state index in [2.05, 4.69) is 21.0 Å². The van der Waals surface area contributed by atoms with Crippen molar-refractivity contribution in [2.75, 3.05) is 0 Å². The van der Waals surface area contributed by atoms with Crippen molar-refractivity contribution < 1.29 is 4.42 Å². The molecule has 4 aromatic rings. The molecule has 1 aromatic carbocycles. The number of fused-ring (bicyclic) bond motifs is 1. The molecule has 4 rings (SSSR count). The van der Waals surface area contributed by atoms with E-state index < -0.39 is 0 Å². The van der Waals surface area contributed by atoms with E-state index in [1.54, 1.807) is 24.5 Å². The lowest BCUT2D eigenvalue weighted by Gasteiger charge is -1.97. The molecule has 0 aliphatic carbocycles. The second-order valence-electron chi connectivity index (χ2n) is 5.06. The number of H-pyrrole nitrogens is 2. The Balaban J connectivity index is 1.73. The van der Waals surface area contributed by atoms with Gasteiger partial charge in [-0.05, 0) is 24.3 Å². The minimum Gasteiger partial charge on any atom is -0.465 e. The Morgan fingerprint density at radius 3 is 2.96 bits per heavy atom. The van der Waals surface area contributed by atoms with Gasteiger partial charge in [-0.1, -0.05) is 6.07 Å². The summed E-state index contributed by atoms with van der Waals surface area (Å²) in [5, 5.41) is 11.9. The summed E-state index contributed by atoms with van der Waals surface area (Å²) >= 11 is 1.39. The van der Waals surface area contributed by atoms with Crippen molar-refractivity contribution in [3.05, 3.63) is 63.2 Å². The van der Waals surface area contributed by atoms with Gasteiger partial charge in [-0.25, -0.2) is 9.78 Å². The number of aromatic amines is 2. The zero-order chi connectivity index (χ0) is 16.5. The van der Waals surface area contributed by atoms with Gasteiger partial charge in [0.05, 0.1) is 28.6 Å². The summed E-state index contributed by atoms with van der Waals surface area (Å²) in [6.07, 6.45) is 3.22. The van der Waals surface area contributed by atoms with Crippen LogP contribution in [0.1, 0.15) is 10.8 Å². The van der Waals surface area contributed by atoms with Crippen molar-refractivity contribution in [3.8, 4) is 17.3 Å². The lowest BCUT2D eigenvalue weighted by Crippen LogP contribution is -1.99. The van der Waals surface area contributed by atoms with Gasteiger partial charge >= 0.3 is 5.69 Å². The first kappa shape index (κ1) is 14.2. The van der Waals surface area contributed by atoms with Crippen molar-refractivity contribution in [1.29, 1.82) is 5.26 Å². The van der Waals surface area contributed by atoms with Gasteiger partial charge < -0.3 is 14.4 Å². The third-order valence-corrected chi connectivity index (χ3v) is 4.37. The Hall–Kier alpha value is -3.37. The first-order valence-electron chi connectivity index (χ1n) is 7.06. The molecule has 0 aliphatic rings. The van der Waals surface area contributed by atoms with Crippen LogP contribution in [0.3, 0.4) is 0 Å². The van der Waals surface area contributed by atoms with E-state index >= 15 is 0 Å². The Kier molecular flexibility index (Phi) is 3.37. The summed E-state index contributed by atoms with van der Waals surface area (Å²) < 4.78 is 5.24. The van der Waals surface area contributed by atoms with Crippen molar-refractivity contribution in [1.82, 2.24) is 15.0 Å². The lowest BCUT2D eigenvalue weighted by molar-refractivity contribution is 0.557. The van der Waals surface area contributed by atoms with E-state index in [4.69, 9.17) is 4.42 Å². The molecule has 0 fully saturated rings. The largest absolute Gasteiger partial charge is 0.465 e. The molecule has 3 heterocycles. The Morgan fingerprint density at radius 1 is 1.29 bits per heavy atom. The van der Waals surface area contributed by atoms with Crippen LogP contribution in [0, 0.1) is 11.3 Å². The van der Waals surface area contributed by atoms with Gasteiger partial charge in [-0.2, -0.15) is 5.26 Å². The molecule has 0 aliphatic heterocycles. The zero-order valence-corrected chi connectivity index (χ0v) is 13.1. The van der Waals surface area contributed by atoms with Crippen LogP contribution in [0.5, 0.6) is 0 Å². The molecular weight excluding hydrogens is 324 g/mol. The SMILES string of the molecule is N#C/C(=C/c1ccco1)c1nc(-c2ccc3[nH]c(=O)[nH]c3c2)cs1. The first-order chi connectivity index (χ1) is 11.7. The molecule has 0 atom stereocenters. The first-order valence-corrected chi connectivity index (χ1v) is 7.94. The summed E-state index contributed by atoms with van der Waals surface area (Å²) in [7, 11) is 0. The number of furan rings is 1. The maximum Gasteiger partial charge on any atom is 0.323 e. The number of hydrogen-bond acceptors (Lipinski definition) is 5. The van der Waals surface area contributed by atoms with Crippen LogP contribution >= 0.6 is 11.3 Å². The number of allylic oxidation sites excluding steroid dienone is 1. The molecule has 6 nitrogen and oxygen atoms in total.